The molecule has 5 heteroatoms. The third-order valence-corrected chi connectivity index (χ3v) is 5.81. The third kappa shape index (κ3) is 3.76. The van der Waals surface area contributed by atoms with Gasteiger partial charge in [0.1, 0.15) is 17.3 Å². The second-order valence-electron chi connectivity index (χ2n) is 7.81. The summed E-state index contributed by atoms with van der Waals surface area (Å²) in [6, 6.07) is 26.3. The van der Waals surface area contributed by atoms with Gasteiger partial charge in [0.25, 0.3) is 0 Å². The highest BCUT2D eigenvalue weighted by Crippen LogP contribution is 2.37. The monoisotopic (exact) mass is 398 g/mol. The van der Waals surface area contributed by atoms with Crippen molar-refractivity contribution in [3.05, 3.63) is 84.4 Å². The molecule has 152 valence electrons. The Morgan fingerprint density at radius 1 is 0.867 bits per heavy atom. The molecular weight excluding hydrogens is 372 g/mol. The van der Waals surface area contributed by atoms with Gasteiger partial charge in [-0.15, -0.1) is 0 Å². The number of aliphatic imine (C=N–C) groups is 1. The Balaban J connectivity index is 1.40. The molecule has 0 atom stereocenters. The largest absolute Gasteiger partial charge is 0.457 e. The topological polar surface area (TPSA) is 57.7 Å². The fraction of sp³-hybridized carbons (Fsp3) is 0.240. The maximum atomic E-state index is 6.14. The van der Waals surface area contributed by atoms with E-state index in [0.717, 1.165) is 60.2 Å². The highest BCUT2D eigenvalue weighted by Gasteiger charge is 2.40. The van der Waals surface area contributed by atoms with Gasteiger partial charge >= 0.3 is 0 Å². The van der Waals surface area contributed by atoms with Crippen LogP contribution < -0.4 is 20.7 Å². The molecule has 5 rings (SSSR count). The van der Waals surface area contributed by atoms with Gasteiger partial charge in [0.15, 0.2) is 0 Å². The van der Waals surface area contributed by atoms with Gasteiger partial charge in [0, 0.05) is 12.1 Å². The molecule has 2 heterocycles. The first-order valence-corrected chi connectivity index (χ1v) is 10.5. The van der Waals surface area contributed by atoms with Crippen molar-refractivity contribution in [3.8, 4) is 11.5 Å². The summed E-state index contributed by atoms with van der Waals surface area (Å²) in [4.78, 5) is 5.03. The lowest BCUT2D eigenvalue weighted by molar-refractivity contribution is 0.412. The van der Waals surface area contributed by atoms with Gasteiger partial charge < -0.3 is 20.7 Å². The summed E-state index contributed by atoms with van der Waals surface area (Å²) in [5.74, 6) is 2.71. The zero-order chi connectivity index (χ0) is 20.2. The lowest BCUT2D eigenvalue weighted by atomic mass is 9.85. The normalized spacial score (nSPS) is 16.9. The average Bonchev–Trinajstić information content (AvgIpc) is 2.80. The molecular formula is C25H26N4O. The van der Waals surface area contributed by atoms with Crippen molar-refractivity contribution in [2.24, 2.45) is 4.99 Å². The molecule has 5 nitrogen and oxygen atoms in total. The molecule has 0 saturated carbocycles. The molecule has 1 saturated heterocycles. The van der Waals surface area contributed by atoms with E-state index in [4.69, 9.17) is 9.73 Å². The number of hydrogen-bond acceptors (Lipinski definition) is 5. The summed E-state index contributed by atoms with van der Waals surface area (Å²) >= 11 is 0. The van der Waals surface area contributed by atoms with Crippen LogP contribution in [0.15, 0.2) is 83.9 Å². The van der Waals surface area contributed by atoms with Crippen molar-refractivity contribution in [2.45, 2.75) is 24.9 Å². The molecule has 0 aliphatic carbocycles. The van der Waals surface area contributed by atoms with Crippen molar-refractivity contribution in [3.63, 3.8) is 0 Å². The summed E-state index contributed by atoms with van der Waals surface area (Å²) in [5, 5.41) is 10.9. The first-order chi connectivity index (χ1) is 14.8. The van der Waals surface area contributed by atoms with Crippen molar-refractivity contribution < 1.29 is 4.74 Å². The van der Waals surface area contributed by atoms with E-state index < -0.39 is 0 Å². The number of amidine groups is 1. The standard InChI is InChI=1S/C25H26N4O/c1-2-9-20(10-3-1)30-23-13-7-4-8-19(23)18-27-24-25(14-16-26-17-15-25)29-22-12-6-5-11-21(22)28-24/h1-13,26,29H,14-18H2,(H,27,28). The van der Waals surface area contributed by atoms with E-state index in [0.29, 0.717) is 6.54 Å². The van der Waals surface area contributed by atoms with Crippen LogP contribution in [-0.4, -0.2) is 24.5 Å². The summed E-state index contributed by atoms with van der Waals surface area (Å²) in [6.45, 7) is 2.61. The number of benzene rings is 3. The van der Waals surface area contributed by atoms with Crippen LogP contribution in [0.3, 0.4) is 0 Å². The summed E-state index contributed by atoms with van der Waals surface area (Å²) in [7, 11) is 0. The summed E-state index contributed by atoms with van der Waals surface area (Å²) in [5.41, 5.74) is 3.04. The molecule has 1 spiro atoms. The van der Waals surface area contributed by atoms with E-state index >= 15 is 0 Å². The van der Waals surface area contributed by atoms with Crippen LogP contribution >= 0.6 is 0 Å². The highest BCUT2D eigenvalue weighted by molar-refractivity contribution is 6.00. The van der Waals surface area contributed by atoms with E-state index in [9.17, 15) is 0 Å². The van der Waals surface area contributed by atoms with Gasteiger partial charge in [-0.1, -0.05) is 48.5 Å². The smallest absolute Gasteiger partial charge is 0.132 e. The fourth-order valence-electron chi connectivity index (χ4n) is 4.19. The Hall–Kier alpha value is -3.31. The maximum Gasteiger partial charge on any atom is 0.132 e. The van der Waals surface area contributed by atoms with Crippen LogP contribution in [0.1, 0.15) is 18.4 Å². The van der Waals surface area contributed by atoms with Gasteiger partial charge in [-0.25, -0.2) is 4.99 Å². The van der Waals surface area contributed by atoms with Crippen LogP contribution in [0.25, 0.3) is 0 Å². The molecule has 0 amide bonds. The number of nitrogens with zero attached hydrogens (tertiary/aromatic N) is 1. The summed E-state index contributed by atoms with van der Waals surface area (Å²) < 4.78 is 6.14. The van der Waals surface area contributed by atoms with Crippen LogP contribution in [0.2, 0.25) is 0 Å². The van der Waals surface area contributed by atoms with Crippen LogP contribution in [0, 0.1) is 0 Å². The number of nitrogens with one attached hydrogen (secondary N) is 3. The maximum absolute atomic E-state index is 6.14. The third-order valence-electron chi connectivity index (χ3n) is 5.81. The van der Waals surface area contributed by atoms with Crippen LogP contribution in [0.4, 0.5) is 11.4 Å². The minimum atomic E-state index is -0.158. The van der Waals surface area contributed by atoms with Gasteiger partial charge in [0.05, 0.1) is 16.9 Å². The van der Waals surface area contributed by atoms with E-state index in [1.54, 1.807) is 0 Å². The predicted molar refractivity (Wildman–Crippen MR) is 122 cm³/mol. The van der Waals surface area contributed by atoms with Crippen LogP contribution in [0.5, 0.6) is 11.5 Å². The molecule has 30 heavy (non-hydrogen) atoms. The van der Waals surface area contributed by atoms with Gasteiger partial charge in [-0.05, 0) is 56.3 Å². The SMILES string of the molecule is c1ccc(Oc2ccccc2CNC2=Nc3ccccc3NC23CCNCC3)cc1. The first-order valence-electron chi connectivity index (χ1n) is 10.5. The zero-order valence-electron chi connectivity index (χ0n) is 16.9. The zero-order valence-corrected chi connectivity index (χ0v) is 16.9. The average molecular weight is 399 g/mol. The lowest BCUT2D eigenvalue weighted by Crippen LogP contribution is -2.58. The number of hydrogen-bond donors (Lipinski definition) is 3. The van der Waals surface area contributed by atoms with Crippen molar-refractivity contribution >= 4 is 17.2 Å². The van der Waals surface area contributed by atoms with E-state index in [1.165, 1.54) is 0 Å². The Kier molecular flexibility index (Phi) is 5.11. The van der Waals surface area contributed by atoms with Crippen LogP contribution in [-0.2, 0) is 6.54 Å². The predicted octanol–water partition coefficient (Wildman–Crippen LogP) is 4.85. The van der Waals surface area contributed by atoms with Gasteiger partial charge in [-0.3, -0.25) is 0 Å². The molecule has 0 aromatic heterocycles. The fourth-order valence-corrected chi connectivity index (χ4v) is 4.19. The minimum Gasteiger partial charge on any atom is -0.457 e. The summed E-state index contributed by atoms with van der Waals surface area (Å²) in [6.07, 6.45) is 1.99. The molecule has 0 unspecified atom stereocenters. The molecule has 0 bridgehead atoms. The molecule has 0 radical (unpaired) electrons. The van der Waals surface area contributed by atoms with E-state index in [2.05, 4.69) is 40.2 Å². The Morgan fingerprint density at radius 3 is 2.47 bits per heavy atom. The second-order valence-corrected chi connectivity index (χ2v) is 7.81. The Bertz CT molecular complexity index is 1040. The van der Waals surface area contributed by atoms with Crippen molar-refractivity contribution in [2.75, 3.05) is 18.4 Å². The van der Waals surface area contributed by atoms with Crippen molar-refractivity contribution in [1.29, 1.82) is 0 Å². The van der Waals surface area contributed by atoms with Gasteiger partial charge in [-0.2, -0.15) is 0 Å². The first kappa shape index (κ1) is 18.7. The highest BCUT2D eigenvalue weighted by atomic mass is 16.5. The number of para-hydroxylation sites is 4. The number of ether oxygens (including phenoxy) is 1. The minimum absolute atomic E-state index is 0.158. The molecule has 2 aliphatic rings. The molecule has 1 fully saturated rings. The van der Waals surface area contributed by atoms with E-state index in [1.807, 2.05) is 54.6 Å². The number of anilines is 1. The quantitative estimate of drug-likeness (QED) is 0.588. The lowest BCUT2D eigenvalue weighted by Gasteiger charge is -2.43. The van der Waals surface area contributed by atoms with Crippen molar-refractivity contribution in [1.82, 2.24) is 10.6 Å². The molecule has 2 aliphatic heterocycles. The Morgan fingerprint density at radius 2 is 1.60 bits per heavy atom. The molecule has 3 aromatic carbocycles. The molecule has 3 N–H and O–H groups in total. The van der Waals surface area contributed by atoms with Gasteiger partial charge in [0.2, 0.25) is 0 Å². The number of rotatable bonds is 4. The molecule has 3 aromatic rings. The number of piperidine rings is 1. The second kappa shape index (κ2) is 8.20. The Labute approximate surface area is 177 Å². The number of fused-ring (bicyclic) bond motifs is 1. The van der Waals surface area contributed by atoms with E-state index in [-0.39, 0.29) is 5.54 Å².